The summed E-state index contributed by atoms with van der Waals surface area (Å²) in [6.45, 7) is 10.3. The van der Waals surface area contributed by atoms with Gasteiger partial charge in [0.05, 0.1) is 17.0 Å². The van der Waals surface area contributed by atoms with E-state index in [2.05, 4.69) is 13.8 Å². The van der Waals surface area contributed by atoms with Crippen LogP contribution in [0.5, 0.6) is 0 Å². The molecule has 2 atom stereocenters. The monoisotopic (exact) mass is 392 g/mol. The predicted octanol–water partition coefficient (Wildman–Crippen LogP) is 4.03. The molecule has 1 fully saturated rings. The van der Waals surface area contributed by atoms with Crippen molar-refractivity contribution in [2.24, 2.45) is 11.8 Å². The van der Waals surface area contributed by atoms with Crippen molar-refractivity contribution in [2.75, 3.05) is 13.1 Å². The number of hydrogen-bond acceptors (Lipinski definition) is 6. The number of ether oxygens (including phenoxy) is 2. The Labute approximate surface area is 164 Å². The smallest absolute Gasteiger partial charge is 0.410 e. The highest BCUT2D eigenvalue weighted by Crippen LogP contribution is 2.28. The van der Waals surface area contributed by atoms with E-state index in [0.29, 0.717) is 12.5 Å². The summed E-state index contributed by atoms with van der Waals surface area (Å²) in [4.78, 5) is 36.7. The van der Waals surface area contributed by atoms with Gasteiger partial charge in [-0.05, 0) is 45.2 Å². The van der Waals surface area contributed by atoms with Crippen LogP contribution >= 0.6 is 0 Å². The highest BCUT2D eigenvalue weighted by molar-refractivity contribution is 5.89. The standard InChI is InChI=1S/C20H28N2O6/c1-13(2)10-15-11-21(19(24)28-20(3,4)5)12-17(15)27-18(23)14-6-8-16(9-7-14)22(25)26/h6-9,13,15,17H,10-12H2,1-5H3/t15-,17+/m0/s1. The lowest BCUT2D eigenvalue weighted by molar-refractivity contribution is -0.384. The van der Waals surface area contributed by atoms with Crippen molar-refractivity contribution in [3.05, 3.63) is 39.9 Å². The van der Waals surface area contributed by atoms with Crippen molar-refractivity contribution in [1.29, 1.82) is 0 Å². The molecule has 1 aliphatic rings. The molecule has 0 aliphatic carbocycles. The largest absolute Gasteiger partial charge is 0.457 e. The van der Waals surface area contributed by atoms with Crippen molar-refractivity contribution < 1.29 is 24.0 Å². The van der Waals surface area contributed by atoms with Gasteiger partial charge in [0.1, 0.15) is 11.7 Å². The summed E-state index contributed by atoms with van der Waals surface area (Å²) in [5.41, 5.74) is -0.450. The van der Waals surface area contributed by atoms with E-state index in [0.717, 1.165) is 6.42 Å². The zero-order valence-electron chi connectivity index (χ0n) is 17.0. The molecule has 8 nitrogen and oxygen atoms in total. The van der Waals surface area contributed by atoms with Gasteiger partial charge in [-0.2, -0.15) is 0 Å². The second-order valence-corrected chi connectivity index (χ2v) is 8.52. The molecule has 0 bridgehead atoms. The third kappa shape index (κ3) is 5.94. The summed E-state index contributed by atoms with van der Waals surface area (Å²) in [6.07, 6.45) is -0.0647. The van der Waals surface area contributed by atoms with E-state index in [4.69, 9.17) is 9.47 Å². The molecule has 0 spiro atoms. The average Bonchev–Trinajstić information content (AvgIpc) is 2.95. The Morgan fingerprint density at radius 2 is 1.82 bits per heavy atom. The molecule has 0 N–H and O–H groups in total. The molecule has 2 rings (SSSR count). The van der Waals surface area contributed by atoms with E-state index in [1.807, 2.05) is 0 Å². The topological polar surface area (TPSA) is 99.0 Å². The van der Waals surface area contributed by atoms with Crippen molar-refractivity contribution >= 4 is 17.7 Å². The molecule has 8 heteroatoms. The van der Waals surface area contributed by atoms with E-state index in [1.165, 1.54) is 24.3 Å². The lowest BCUT2D eigenvalue weighted by Gasteiger charge is -2.24. The second-order valence-electron chi connectivity index (χ2n) is 8.52. The maximum atomic E-state index is 12.5. The van der Waals surface area contributed by atoms with Crippen molar-refractivity contribution in [3.63, 3.8) is 0 Å². The zero-order chi connectivity index (χ0) is 21.1. The van der Waals surface area contributed by atoms with Gasteiger partial charge >= 0.3 is 12.1 Å². The number of benzene rings is 1. The number of non-ortho nitro benzene ring substituents is 1. The molecule has 0 aromatic heterocycles. The van der Waals surface area contributed by atoms with Crippen LogP contribution in [0.1, 0.15) is 51.4 Å². The number of esters is 1. The Bertz CT molecular complexity index is 723. The first-order valence-electron chi connectivity index (χ1n) is 9.39. The first kappa shape index (κ1) is 21.7. The number of rotatable bonds is 5. The molecule has 0 saturated carbocycles. The molecule has 1 saturated heterocycles. The number of hydrogen-bond donors (Lipinski definition) is 0. The molecule has 0 unspecified atom stereocenters. The van der Waals surface area contributed by atoms with Gasteiger partial charge in [0.25, 0.3) is 5.69 Å². The molecule has 1 aliphatic heterocycles. The maximum absolute atomic E-state index is 12.5. The van der Waals surface area contributed by atoms with Crippen molar-refractivity contribution in [1.82, 2.24) is 4.90 Å². The number of nitrogens with zero attached hydrogens (tertiary/aromatic N) is 2. The van der Waals surface area contributed by atoms with E-state index in [-0.39, 0.29) is 23.7 Å². The second kappa shape index (κ2) is 8.58. The number of nitro benzene ring substituents is 1. The molecule has 1 amide bonds. The van der Waals surface area contributed by atoms with Crippen molar-refractivity contribution in [3.8, 4) is 0 Å². The predicted molar refractivity (Wildman–Crippen MR) is 103 cm³/mol. The van der Waals surface area contributed by atoms with E-state index in [9.17, 15) is 19.7 Å². The van der Waals surface area contributed by atoms with E-state index < -0.39 is 28.7 Å². The van der Waals surface area contributed by atoms with Gasteiger partial charge in [-0.1, -0.05) is 13.8 Å². The Morgan fingerprint density at radius 1 is 1.21 bits per heavy atom. The van der Waals surface area contributed by atoms with Crippen LogP contribution in [-0.2, 0) is 9.47 Å². The Hall–Kier alpha value is -2.64. The first-order chi connectivity index (χ1) is 13.0. The molecule has 28 heavy (non-hydrogen) atoms. The summed E-state index contributed by atoms with van der Waals surface area (Å²) in [5.74, 6) is -0.168. The van der Waals surface area contributed by atoms with Gasteiger partial charge in [-0.25, -0.2) is 9.59 Å². The number of amides is 1. The van der Waals surface area contributed by atoms with E-state index >= 15 is 0 Å². The minimum absolute atomic E-state index is 0.00881. The molecule has 154 valence electrons. The lowest BCUT2D eigenvalue weighted by atomic mass is 9.94. The number of nitro groups is 1. The molecule has 1 aromatic carbocycles. The summed E-state index contributed by atoms with van der Waals surface area (Å²) in [7, 11) is 0. The molecule has 1 heterocycles. The normalized spacial score (nSPS) is 19.6. The highest BCUT2D eigenvalue weighted by Gasteiger charge is 2.39. The fourth-order valence-electron chi connectivity index (χ4n) is 3.21. The minimum atomic E-state index is -0.599. The highest BCUT2D eigenvalue weighted by atomic mass is 16.6. The SMILES string of the molecule is CC(C)C[C@H]1CN(C(=O)OC(C)(C)C)C[C@H]1OC(=O)c1ccc([N+](=O)[O-])cc1. The zero-order valence-corrected chi connectivity index (χ0v) is 17.0. The van der Waals surface area contributed by atoms with Gasteiger partial charge in [-0.3, -0.25) is 10.1 Å². The van der Waals surface area contributed by atoms with Crippen LogP contribution < -0.4 is 0 Å². The first-order valence-corrected chi connectivity index (χ1v) is 9.39. The van der Waals surface area contributed by atoms with Gasteiger partial charge in [-0.15, -0.1) is 0 Å². The number of carbonyl (C=O) groups is 2. The summed E-state index contributed by atoms with van der Waals surface area (Å²) >= 11 is 0. The molecule has 1 aromatic rings. The van der Waals surface area contributed by atoms with Gasteiger partial charge in [0.15, 0.2) is 0 Å². The van der Waals surface area contributed by atoms with E-state index in [1.54, 1.807) is 25.7 Å². The third-order valence-electron chi connectivity index (χ3n) is 4.38. The summed E-state index contributed by atoms with van der Waals surface area (Å²) in [5, 5.41) is 10.7. The van der Waals surface area contributed by atoms with Crippen LogP contribution in [0, 0.1) is 22.0 Å². The average molecular weight is 392 g/mol. The summed E-state index contributed by atoms with van der Waals surface area (Å²) < 4.78 is 11.1. The molecular formula is C20H28N2O6. The summed E-state index contributed by atoms with van der Waals surface area (Å²) in [6, 6.07) is 5.28. The van der Waals surface area contributed by atoms with Gasteiger partial charge in [0.2, 0.25) is 0 Å². The van der Waals surface area contributed by atoms with Crippen LogP contribution in [0.3, 0.4) is 0 Å². The van der Waals surface area contributed by atoms with Crippen LogP contribution in [0.2, 0.25) is 0 Å². The fourth-order valence-corrected chi connectivity index (χ4v) is 3.21. The maximum Gasteiger partial charge on any atom is 0.410 e. The van der Waals surface area contributed by atoms with Crippen molar-refractivity contribution in [2.45, 2.75) is 52.7 Å². The lowest BCUT2D eigenvalue weighted by Crippen LogP contribution is -2.36. The minimum Gasteiger partial charge on any atom is -0.457 e. The van der Waals surface area contributed by atoms with Crippen LogP contribution in [0.25, 0.3) is 0 Å². The Balaban J connectivity index is 2.08. The Kier molecular flexibility index (Phi) is 6.64. The Morgan fingerprint density at radius 3 is 2.32 bits per heavy atom. The van der Waals surface area contributed by atoms with Crippen LogP contribution in [0.4, 0.5) is 10.5 Å². The van der Waals surface area contributed by atoms with Crippen LogP contribution in [0.15, 0.2) is 24.3 Å². The number of carbonyl (C=O) groups excluding carboxylic acids is 2. The third-order valence-corrected chi connectivity index (χ3v) is 4.38. The molecule has 0 radical (unpaired) electrons. The number of likely N-dealkylation sites (tertiary alicyclic amines) is 1. The quantitative estimate of drug-likeness (QED) is 0.426. The fraction of sp³-hybridized carbons (Fsp3) is 0.600. The van der Waals surface area contributed by atoms with Gasteiger partial charge < -0.3 is 14.4 Å². The van der Waals surface area contributed by atoms with Crippen LogP contribution in [-0.4, -0.2) is 46.7 Å². The van der Waals surface area contributed by atoms with Gasteiger partial charge in [0, 0.05) is 24.6 Å². The molecular weight excluding hydrogens is 364 g/mol.